The van der Waals surface area contributed by atoms with Crippen molar-refractivity contribution >= 4 is 17.5 Å². The van der Waals surface area contributed by atoms with E-state index in [1.165, 1.54) is 24.3 Å². The van der Waals surface area contributed by atoms with Crippen LogP contribution < -0.4 is 16.0 Å². The van der Waals surface area contributed by atoms with Gasteiger partial charge in [0.1, 0.15) is 5.82 Å². The number of benzene rings is 1. The van der Waals surface area contributed by atoms with E-state index in [-0.39, 0.29) is 36.1 Å². The van der Waals surface area contributed by atoms with Gasteiger partial charge in [-0.3, -0.25) is 9.59 Å². The highest BCUT2D eigenvalue weighted by Crippen LogP contribution is 2.22. The second-order valence-electron chi connectivity index (χ2n) is 5.98. The largest absolute Gasteiger partial charge is 0.350 e. The molecule has 5 nitrogen and oxygen atoms in total. The number of rotatable bonds is 3. The van der Waals surface area contributed by atoms with Crippen LogP contribution in [0.2, 0.25) is 0 Å². The first kappa shape index (κ1) is 15.0. The molecule has 1 aliphatic heterocycles. The summed E-state index contributed by atoms with van der Waals surface area (Å²) >= 11 is 0. The van der Waals surface area contributed by atoms with Crippen LogP contribution in [0.4, 0.5) is 10.1 Å². The summed E-state index contributed by atoms with van der Waals surface area (Å²) in [7, 11) is 0. The molecule has 1 saturated carbocycles. The number of halogens is 1. The summed E-state index contributed by atoms with van der Waals surface area (Å²) in [6, 6.07) is 5.52. The Hall–Kier alpha value is -1.95. The van der Waals surface area contributed by atoms with E-state index < -0.39 is 6.04 Å². The number of hydrogen-bond acceptors (Lipinski definition) is 3. The van der Waals surface area contributed by atoms with E-state index in [4.69, 9.17) is 0 Å². The number of fused-ring (bicyclic) bond motifs is 1. The van der Waals surface area contributed by atoms with Gasteiger partial charge in [-0.05, 0) is 37.1 Å². The predicted octanol–water partition coefficient (Wildman–Crippen LogP) is 1.55. The highest BCUT2D eigenvalue weighted by Gasteiger charge is 2.36. The highest BCUT2D eigenvalue weighted by molar-refractivity contribution is 5.95. The minimum absolute atomic E-state index is 0.0758. The molecule has 0 spiro atoms. The summed E-state index contributed by atoms with van der Waals surface area (Å²) in [5, 5.41) is 9.00. The lowest BCUT2D eigenvalue weighted by molar-refractivity contribution is -0.129. The van der Waals surface area contributed by atoms with Crippen LogP contribution in [0.25, 0.3) is 0 Å². The third-order valence-corrected chi connectivity index (χ3v) is 4.34. The normalized spacial score (nSPS) is 27.7. The van der Waals surface area contributed by atoms with Crippen LogP contribution in [0.1, 0.15) is 32.1 Å². The minimum atomic E-state index is -0.500. The lowest BCUT2D eigenvalue weighted by atomic mass is 9.87. The van der Waals surface area contributed by atoms with Gasteiger partial charge in [0.15, 0.2) is 0 Å². The van der Waals surface area contributed by atoms with Crippen molar-refractivity contribution in [2.75, 3.05) is 5.32 Å². The molecule has 1 aromatic carbocycles. The third-order valence-electron chi connectivity index (χ3n) is 4.34. The molecule has 3 rings (SSSR count). The molecule has 2 fully saturated rings. The van der Waals surface area contributed by atoms with E-state index in [9.17, 15) is 14.0 Å². The Balaban J connectivity index is 1.56. The summed E-state index contributed by atoms with van der Waals surface area (Å²) in [5.74, 6) is -0.722. The fraction of sp³-hybridized carbons (Fsp3) is 0.500. The highest BCUT2D eigenvalue weighted by atomic mass is 19.1. The maximum absolute atomic E-state index is 12.8. The maximum Gasteiger partial charge on any atom is 0.237 e. The summed E-state index contributed by atoms with van der Waals surface area (Å²) in [5.41, 5.74) is 0.526. The van der Waals surface area contributed by atoms with Crippen LogP contribution >= 0.6 is 0 Å². The van der Waals surface area contributed by atoms with Crippen molar-refractivity contribution in [3.63, 3.8) is 0 Å². The number of amides is 2. The molecule has 2 aliphatic rings. The zero-order valence-electron chi connectivity index (χ0n) is 12.3. The fourth-order valence-corrected chi connectivity index (χ4v) is 3.20. The number of anilines is 1. The van der Waals surface area contributed by atoms with E-state index in [1.807, 2.05) is 0 Å². The molecule has 2 amide bonds. The first-order valence-electron chi connectivity index (χ1n) is 7.73. The lowest BCUT2D eigenvalue weighted by Gasteiger charge is -2.40. The summed E-state index contributed by atoms with van der Waals surface area (Å²) in [6.45, 7) is 0. The quantitative estimate of drug-likeness (QED) is 0.793. The van der Waals surface area contributed by atoms with Gasteiger partial charge >= 0.3 is 0 Å². The molecule has 0 unspecified atom stereocenters. The Morgan fingerprint density at radius 3 is 2.59 bits per heavy atom. The van der Waals surface area contributed by atoms with Gasteiger partial charge < -0.3 is 16.0 Å². The summed E-state index contributed by atoms with van der Waals surface area (Å²) in [6.07, 6.45) is 4.39. The van der Waals surface area contributed by atoms with Crippen molar-refractivity contribution in [3.8, 4) is 0 Å². The smallest absolute Gasteiger partial charge is 0.237 e. The van der Waals surface area contributed by atoms with E-state index in [1.54, 1.807) is 0 Å². The molecule has 1 heterocycles. The third kappa shape index (κ3) is 3.44. The Morgan fingerprint density at radius 2 is 1.86 bits per heavy atom. The number of carbonyl (C=O) groups is 2. The molecule has 1 aromatic rings. The number of nitrogens with one attached hydrogen (secondary N) is 3. The minimum Gasteiger partial charge on any atom is -0.350 e. The standard InChI is InChI=1S/C16H20FN3O2/c17-10-5-7-11(8-6-10)18-15(21)9-14-16(22)20-13-4-2-1-3-12(13)19-14/h5-8,12-14,19H,1-4,9H2,(H,18,21)(H,20,22)/t12-,13+,14+/m1/s1. The Kier molecular flexibility index (Phi) is 4.38. The zero-order chi connectivity index (χ0) is 15.5. The average Bonchev–Trinajstić information content (AvgIpc) is 2.50. The van der Waals surface area contributed by atoms with Crippen molar-refractivity contribution in [1.29, 1.82) is 0 Å². The van der Waals surface area contributed by atoms with E-state index >= 15 is 0 Å². The van der Waals surface area contributed by atoms with Crippen LogP contribution in [-0.4, -0.2) is 29.9 Å². The molecule has 0 radical (unpaired) electrons. The van der Waals surface area contributed by atoms with E-state index in [0.717, 1.165) is 25.7 Å². The molecule has 1 saturated heterocycles. The van der Waals surface area contributed by atoms with Gasteiger partial charge in [0, 0.05) is 17.8 Å². The molecular weight excluding hydrogens is 285 g/mol. The van der Waals surface area contributed by atoms with Crippen LogP contribution in [0.15, 0.2) is 24.3 Å². The molecule has 0 bridgehead atoms. The zero-order valence-corrected chi connectivity index (χ0v) is 12.3. The molecule has 1 aliphatic carbocycles. The molecule has 6 heteroatoms. The average molecular weight is 305 g/mol. The van der Waals surface area contributed by atoms with Crippen LogP contribution in [-0.2, 0) is 9.59 Å². The predicted molar refractivity (Wildman–Crippen MR) is 80.8 cm³/mol. The molecule has 3 atom stereocenters. The second-order valence-corrected chi connectivity index (χ2v) is 5.98. The van der Waals surface area contributed by atoms with Gasteiger partial charge in [-0.1, -0.05) is 12.8 Å². The van der Waals surface area contributed by atoms with E-state index in [0.29, 0.717) is 5.69 Å². The van der Waals surface area contributed by atoms with Crippen molar-refractivity contribution in [2.24, 2.45) is 0 Å². The van der Waals surface area contributed by atoms with Gasteiger partial charge in [0.25, 0.3) is 0 Å². The van der Waals surface area contributed by atoms with Crippen LogP contribution in [0, 0.1) is 5.82 Å². The first-order chi connectivity index (χ1) is 10.6. The van der Waals surface area contributed by atoms with Crippen LogP contribution in [0.3, 0.4) is 0 Å². The molecular formula is C16H20FN3O2. The topological polar surface area (TPSA) is 70.2 Å². The second kappa shape index (κ2) is 6.44. The first-order valence-corrected chi connectivity index (χ1v) is 7.73. The van der Waals surface area contributed by atoms with E-state index in [2.05, 4.69) is 16.0 Å². The van der Waals surface area contributed by atoms with Crippen LogP contribution in [0.5, 0.6) is 0 Å². The van der Waals surface area contributed by atoms with Gasteiger partial charge in [-0.25, -0.2) is 4.39 Å². The molecule has 0 aromatic heterocycles. The Labute approximate surface area is 128 Å². The monoisotopic (exact) mass is 305 g/mol. The fourth-order valence-electron chi connectivity index (χ4n) is 3.20. The molecule has 22 heavy (non-hydrogen) atoms. The van der Waals surface area contributed by atoms with Crippen molar-refractivity contribution in [1.82, 2.24) is 10.6 Å². The Bertz CT molecular complexity index is 561. The summed E-state index contributed by atoms with van der Waals surface area (Å²) in [4.78, 5) is 24.1. The Morgan fingerprint density at radius 1 is 1.18 bits per heavy atom. The van der Waals surface area contributed by atoms with Gasteiger partial charge in [0.05, 0.1) is 12.5 Å². The number of piperazine rings is 1. The van der Waals surface area contributed by atoms with Crippen molar-refractivity contribution < 1.29 is 14.0 Å². The van der Waals surface area contributed by atoms with Gasteiger partial charge in [-0.15, -0.1) is 0 Å². The van der Waals surface area contributed by atoms with Crippen molar-refractivity contribution in [2.45, 2.75) is 50.2 Å². The lowest BCUT2D eigenvalue weighted by Crippen LogP contribution is -2.65. The number of carbonyl (C=O) groups excluding carboxylic acids is 2. The maximum atomic E-state index is 12.8. The molecule has 3 N–H and O–H groups in total. The number of hydrogen-bond donors (Lipinski definition) is 3. The summed E-state index contributed by atoms with van der Waals surface area (Å²) < 4.78 is 12.8. The SMILES string of the molecule is O=C(C[C@@H]1N[C@@H]2CCCC[C@@H]2NC1=O)Nc1ccc(F)cc1. The van der Waals surface area contributed by atoms with Gasteiger partial charge in [0.2, 0.25) is 11.8 Å². The van der Waals surface area contributed by atoms with Crippen molar-refractivity contribution in [3.05, 3.63) is 30.1 Å². The molecule has 118 valence electrons. The van der Waals surface area contributed by atoms with Gasteiger partial charge in [-0.2, -0.15) is 0 Å².